The van der Waals surface area contributed by atoms with Gasteiger partial charge in [-0.15, -0.1) is 6.58 Å². The van der Waals surface area contributed by atoms with Crippen molar-refractivity contribution in [3.8, 4) is 0 Å². The van der Waals surface area contributed by atoms with E-state index in [2.05, 4.69) is 25.7 Å². The smallest absolute Gasteiger partial charge is 0.416 e. The first-order valence-corrected chi connectivity index (χ1v) is 13.1. The van der Waals surface area contributed by atoms with Crippen molar-refractivity contribution in [3.63, 3.8) is 0 Å². The largest absolute Gasteiger partial charge is 0.446 e. The van der Waals surface area contributed by atoms with Gasteiger partial charge in [-0.2, -0.15) is 0 Å². The lowest BCUT2D eigenvalue weighted by Gasteiger charge is -2.81. The second-order valence-corrected chi connectivity index (χ2v) is 12.1. The van der Waals surface area contributed by atoms with Crippen LogP contribution in [0.3, 0.4) is 0 Å². The van der Waals surface area contributed by atoms with Crippen molar-refractivity contribution < 1.29 is 29.0 Å². The van der Waals surface area contributed by atoms with Crippen LogP contribution in [0.1, 0.15) is 78.6 Å². The summed E-state index contributed by atoms with van der Waals surface area (Å²) >= 11 is 0. The quantitative estimate of drug-likeness (QED) is 0.573. The van der Waals surface area contributed by atoms with Gasteiger partial charge in [-0.3, -0.25) is 4.79 Å². The standard InChI is InChI=1S/C27H39NO6/c1-5-25(4)13-18(34-24(32)28-23(31)33-17-9-7-6-8-10-17)20-15(2)27-14-26(21(20)27,12-11-19(27)29)16(3)22(25)30/h5,15-18,20-22,30H,1,6-14H2,2-4H3,(H,28,31,32)/t15?,16-,18+,20?,21?,22?,25+,26?,27?/m0/s1. The summed E-state index contributed by atoms with van der Waals surface area (Å²) in [5.74, 6) is 0.588. The number of hydrogen-bond donors (Lipinski definition) is 2. The normalized spacial score (nSPS) is 47.6. The molecule has 7 heteroatoms. The van der Waals surface area contributed by atoms with Crippen LogP contribution in [-0.2, 0) is 14.3 Å². The fraction of sp³-hybridized carbons (Fsp3) is 0.815. The molecule has 5 aliphatic rings. The van der Waals surface area contributed by atoms with E-state index in [1.54, 1.807) is 6.08 Å². The molecule has 6 unspecified atom stereocenters. The van der Waals surface area contributed by atoms with Crippen LogP contribution < -0.4 is 5.32 Å². The number of carbonyl (C=O) groups is 3. The minimum atomic E-state index is -0.821. The molecule has 188 valence electrons. The van der Waals surface area contributed by atoms with Crippen molar-refractivity contribution in [2.75, 3.05) is 0 Å². The van der Waals surface area contributed by atoms with Gasteiger partial charge in [0.1, 0.15) is 18.0 Å². The molecule has 0 saturated heterocycles. The number of carbonyl (C=O) groups excluding carboxylic acids is 3. The molecule has 0 aromatic carbocycles. The monoisotopic (exact) mass is 473 g/mol. The molecule has 2 amide bonds. The van der Waals surface area contributed by atoms with Crippen molar-refractivity contribution in [2.45, 2.75) is 96.9 Å². The number of imide groups is 1. The van der Waals surface area contributed by atoms with E-state index in [1.165, 1.54) is 0 Å². The van der Waals surface area contributed by atoms with Crippen molar-refractivity contribution in [1.29, 1.82) is 0 Å². The molecule has 0 aromatic rings. The first-order chi connectivity index (χ1) is 16.1. The van der Waals surface area contributed by atoms with E-state index < -0.39 is 29.8 Å². The Kier molecular flexibility index (Phi) is 5.66. The topological polar surface area (TPSA) is 102 Å². The average molecular weight is 474 g/mol. The summed E-state index contributed by atoms with van der Waals surface area (Å²) in [5.41, 5.74) is -1.11. The number of alkyl carbamates (subject to hydrolysis) is 2. The zero-order valence-electron chi connectivity index (χ0n) is 20.7. The Bertz CT molecular complexity index is 898. The first kappa shape index (κ1) is 23.8. The predicted molar refractivity (Wildman–Crippen MR) is 125 cm³/mol. The third kappa shape index (κ3) is 3.14. The molecule has 0 aliphatic heterocycles. The van der Waals surface area contributed by atoms with E-state index in [0.29, 0.717) is 18.6 Å². The lowest BCUT2D eigenvalue weighted by atomic mass is 9.21. The number of amides is 2. The third-order valence-electron chi connectivity index (χ3n) is 10.8. The van der Waals surface area contributed by atoms with Gasteiger partial charge in [0.2, 0.25) is 0 Å². The lowest BCUT2D eigenvalue weighted by Crippen LogP contribution is -2.82. The molecule has 0 aromatic heterocycles. The van der Waals surface area contributed by atoms with Gasteiger partial charge in [-0.25, -0.2) is 14.9 Å². The zero-order chi connectivity index (χ0) is 24.5. The van der Waals surface area contributed by atoms with Crippen LogP contribution in [0.5, 0.6) is 0 Å². The molecule has 34 heavy (non-hydrogen) atoms. The van der Waals surface area contributed by atoms with E-state index in [-0.39, 0.29) is 40.6 Å². The molecule has 5 rings (SSSR count). The van der Waals surface area contributed by atoms with Gasteiger partial charge in [0.05, 0.1) is 6.10 Å². The molecular weight excluding hydrogens is 434 g/mol. The fourth-order valence-electron chi connectivity index (χ4n) is 8.90. The van der Waals surface area contributed by atoms with Crippen molar-refractivity contribution in [3.05, 3.63) is 12.7 Å². The van der Waals surface area contributed by atoms with Gasteiger partial charge < -0.3 is 14.6 Å². The molecule has 0 radical (unpaired) electrons. The maximum Gasteiger partial charge on any atom is 0.416 e. The second kappa shape index (κ2) is 8.07. The first-order valence-electron chi connectivity index (χ1n) is 13.1. The molecule has 2 bridgehead atoms. The summed E-state index contributed by atoms with van der Waals surface area (Å²) in [4.78, 5) is 38.1. The van der Waals surface area contributed by atoms with Crippen LogP contribution in [0.25, 0.3) is 0 Å². The molecule has 9 atom stereocenters. The highest BCUT2D eigenvalue weighted by Crippen LogP contribution is 2.83. The molecule has 7 nitrogen and oxygen atoms in total. The van der Waals surface area contributed by atoms with Crippen molar-refractivity contribution in [1.82, 2.24) is 5.32 Å². The number of rotatable bonds is 3. The molecule has 5 fully saturated rings. The predicted octanol–water partition coefficient (Wildman–Crippen LogP) is 4.77. The highest BCUT2D eigenvalue weighted by atomic mass is 16.6. The maximum absolute atomic E-state index is 13.0. The molecular formula is C27H39NO6. The summed E-state index contributed by atoms with van der Waals surface area (Å²) in [7, 11) is 0. The van der Waals surface area contributed by atoms with Crippen LogP contribution >= 0.6 is 0 Å². The lowest BCUT2D eigenvalue weighted by molar-refractivity contribution is -0.338. The van der Waals surface area contributed by atoms with Gasteiger partial charge in [-0.1, -0.05) is 33.3 Å². The minimum absolute atomic E-state index is 0.0207. The van der Waals surface area contributed by atoms with E-state index in [1.807, 2.05) is 6.92 Å². The summed E-state index contributed by atoms with van der Waals surface area (Å²) < 4.78 is 11.3. The SMILES string of the molecule is C=C[C@]1(C)C[C@@H](OC(=O)NC(=O)OC2CCCCC2)C2C(C)C34CC(CCC3=O)(C24)[C@@H](C)C1O. The molecule has 5 saturated carbocycles. The number of ether oxygens (including phenoxy) is 2. The summed E-state index contributed by atoms with van der Waals surface area (Å²) in [6, 6.07) is 0. The number of nitrogens with one attached hydrogen (secondary N) is 1. The Morgan fingerprint density at radius 3 is 2.47 bits per heavy atom. The minimum Gasteiger partial charge on any atom is -0.446 e. The number of aliphatic hydroxyl groups is 1. The molecule has 2 spiro atoms. The highest BCUT2D eigenvalue weighted by molar-refractivity contribution is 5.90. The summed E-state index contributed by atoms with van der Waals surface area (Å²) in [6.07, 6.45) is 6.24. The average Bonchev–Trinajstić information content (AvgIpc) is 2.80. The number of Topliss-reactive ketones (excluding diaryl/α,β-unsaturated/α-hetero) is 1. The fourth-order valence-corrected chi connectivity index (χ4v) is 8.90. The van der Waals surface area contributed by atoms with Gasteiger partial charge in [0.15, 0.2) is 0 Å². The Morgan fingerprint density at radius 1 is 1.12 bits per heavy atom. The van der Waals surface area contributed by atoms with E-state index in [9.17, 15) is 19.5 Å². The Balaban J connectivity index is 1.36. The second-order valence-electron chi connectivity index (χ2n) is 12.1. The number of hydrogen-bond acceptors (Lipinski definition) is 6. The van der Waals surface area contributed by atoms with Crippen LogP contribution in [0, 0.1) is 39.9 Å². The zero-order valence-corrected chi connectivity index (χ0v) is 20.7. The van der Waals surface area contributed by atoms with Gasteiger partial charge >= 0.3 is 12.2 Å². The highest BCUT2D eigenvalue weighted by Gasteiger charge is 2.83. The third-order valence-corrected chi connectivity index (χ3v) is 10.8. The van der Waals surface area contributed by atoms with Gasteiger partial charge in [0, 0.05) is 23.2 Å². The summed E-state index contributed by atoms with van der Waals surface area (Å²) in [5, 5.41) is 13.7. The molecule has 2 N–H and O–H groups in total. The van der Waals surface area contributed by atoms with Crippen LogP contribution in [-0.4, -0.2) is 41.4 Å². The Hall–Kier alpha value is -1.89. The maximum atomic E-state index is 13.0. The van der Waals surface area contributed by atoms with Gasteiger partial charge in [0.25, 0.3) is 0 Å². The Morgan fingerprint density at radius 2 is 1.79 bits per heavy atom. The summed E-state index contributed by atoms with van der Waals surface area (Å²) in [6.45, 7) is 10.2. The Labute approximate surface area is 202 Å². The number of aliphatic hydroxyl groups excluding tert-OH is 1. The number of ketones is 1. The van der Waals surface area contributed by atoms with Crippen LogP contribution in [0.15, 0.2) is 12.7 Å². The van der Waals surface area contributed by atoms with Crippen molar-refractivity contribution in [2.24, 2.45) is 39.9 Å². The molecule has 0 heterocycles. The van der Waals surface area contributed by atoms with E-state index in [0.717, 1.165) is 44.9 Å². The van der Waals surface area contributed by atoms with Crippen LogP contribution in [0.4, 0.5) is 9.59 Å². The van der Waals surface area contributed by atoms with E-state index >= 15 is 0 Å². The van der Waals surface area contributed by atoms with Crippen molar-refractivity contribution >= 4 is 18.0 Å². The van der Waals surface area contributed by atoms with Gasteiger partial charge in [-0.05, 0) is 68.1 Å². The van der Waals surface area contributed by atoms with E-state index in [4.69, 9.17) is 9.47 Å². The molecule has 5 aliphatic carbocycles. The van der Waals surface area contributed by atoms with Crippen LogP contribution in [0.2, 0.25) is 0 Å².